The Bertz CT molecular complexity index is 799. The van der Waals surface area contributed by atoms with E-state index in [0.717, 1.165) is 12.1 Å². The van der Waals surface area contributed by atoms with Gasteiger partial charge in [0.05, 0.1) is 23.6 Å². The number of halogens is 2. The van der Waals surface area contributed by atoms with E-state index < -0.39 is 32.3 Å². The molecule has 2 rings (SSSR count). The third kappa shape index (κ3) is 3.34. The predicted molar refractivity (Wildman–Crippen MR) is 73.9 cm³/mol. The van der Waals surface area contributed by atoms with E-state index in [9.17, 15) is 17.6 Å². The quantitative estimate of drug-likeness (QED) is 0.843. The number of hydrogen-bond acceptors (Lipinski definition) is 5. The zero-order chi connectivity index (χ0) is 15.6. The lowest BCUT2D eigenvalue weighted by Crippen LogP contribution is -2.17. The largest absolute Gasteiger partial charge is 0.478 e. The highest BCUT2D eigenvalue weighted by Gasteiger charge is 2.25. The van der Waals surface area contributed by atoms with Crippen molar-refractivity contribution >= 4 is 37.6 Å². The molecule has 1 aromatic heterocycles. The molecule has 0 aliphatic carbocycles. The van der Waals surface area contributed by atoms with Crippen molar-refractivity contribution < 1.29 is 22.7 Å². The van der Waals surface area contributed by atoms with E-state index in [0.29, 0.717) is 0 Å². The van der Waals surface area contributed by atoms with Gasteiger partial charge in [0, 0.05) is 4.47 Å². The van der Waals surface area contributed by atoms with Gasteiger partial charge in [0.15, 0.2) is 5.82 Å². The van der Waals surface area contributed by atoms with Crippen molar-refractivity contribution in [2.75, 3.05) is 4.72 Å². The number of nitrogens with one attached hydrogen (secondary N) is 1. The lowest BCUT2D eigenvalue weighted by Gasteiger charge is -2.10. The molecule has 0 radical (unpaired) electrons. The number of benzene rings is 1. The number of hydrogen-bond donors (Lipinski definition) is 2. The molecule has 7 nitrogen and oxygen atoms in total. The van der Waals surface area contributed by atoms with Crippen LogP contribution in [0.3, 0.4) is 0 Å². The maximum Gasteiger partial charge on any atom is 0.338 e. The van der Waals surface area contributed by atoms with E-state index in [1.165, 1.54) is 18.7 Å². The van der Waals surface area contributed by atoms with Crippen LogP contribution < -0.4 is 4.72 Å². The van der Waals surface area contributed by atoms with Gasteiger partial charge in [-0.3, -0.25) is 4.72 Å². The van der Waals surface area contributed by atoms with Crippen LogP contribution in [0.5, 0.6) is 0 Å². The molecule has 0 unspecified atom stereocenters. The first-order valence-electron chi connectivity index (χ1n) is 5.31. The minimum atomic E-state index is -4.32. The fourth-order valence-electron chi connectivity index (χ4n) is 1.48. The smallest absolute Gasteiger partial charge is 0.338 e. The summed E-state index contributed by atoms with van der Waals surface area (Å²) in [7, 11) is -4.32. The molecule has 0 saturated carbocycles. The summed E-state index contributed by atoms with van der Waals surface area (Å²) < 4.78 is 40.5. The first kappa shape index (κ1) is 15.3. The van der Waals surface area contributed by atoms with Gasteiger partial charge in [-0.25, -0.2) is 27.6 Å². The van der Waals surface area contributed by atoms with Gasteiger partial charge >= 0.3 is 5.97 Å². The normalized spacial score (nSPS) is 11.1. The number of carboxylic acids is 1. The third-order valence-corrected chi connectivity index (χ3v) is 4.18. The van der Waals surface area contributed by atoms with Gasteiger partial charge in [-0.05, 0) is 12.1 Å². The van der Waals surface area contributed by atoms with Gasteiger partial charge in [-0.2, -0.15) is 0 Å². The second kappa shape index (κ2) is 5.74. The van der Waals surface area contributed by atoms with Gasteiger partial charge in [-0.1, -0.05) is 15.9 Å². The maximum absolute atomic E-state index is 14.0. The SMILES string of the molecule is O=C(O)c1cc(Br)cc(S(=O)(=O)Nc2cncnc2)c1F. The number of nitrogens with zero attached hydrogens (tertiary/aromatic N) is 2. The lowest BCUT2D eigenvalue weighted by molar-refractivity contribution is 0.0691. The molecular formula is C11H7BrFN3O4S. The van der Waals surface area contributed by atoms with Gasteiger partial charge in [0.1, 0.15) is 11.2 Å². The number of sulfonamides is 1. The summed E-state index contributed by atoms with van der Waals surface area (Å²) in [4.78, 5) is 17.3. The summed E-state index contributed by atoms with van der Waals surface area (Å²) in [5.41, 5.74) is -0.734. The Morgan fingerprint density at radius 2 is 1.90 bits per heavy atom. The van der Waals surface area contributed by atoms with E-state index in [2.05, 4.69) is 30.6 Å². The standard InChI is InChI=1S/C11H7BrFN3O4S/c12-6-1-8(11(17)18)10(13)9(2-6)21(19,20)16-7-3-14-5-15-4-7/h1-5,16H,(H,17,18). The highest BCUT2D eigenvalue weighted by Crippen LogP contribution is 2.25. The Balaban J connectivity index is 2.53. The van der Waals surface area contributed by atoms with Crippen LogP contribution >= 0.6 is 15.9 Å². The molecule has 2 aromatic rings. The average molecular weight is 376 g/mol. The van der Waals surface area contributed by atoms with Crippen LogP contribution in [0, 0.1) is 5.82 Å². The fraction of sp³-hybridized carbons (Fsp3) is 0. The topological polar surface area (TPSA) is 109 Å². The van der Waals surface area contributed by atoms with E-state index >= 15 is 0 Å². The molecule has 1 aromatic carbocycles. The summed E-state index contributed by atoms with van der Waals surface area (Å²) in [6.07, 6.45) is 3.55. The van der Waals surface area contributed by atoms with Crippen molar-refractivity contribution in [3.8, 4) is 0 Å². The van der Waals surface area contributed by atoms with E-state index in [4.69, 9.17) is 5.11 Å². The highest BCUT2D eigenvalue weighted by molar-refractivity contribution is 9.10. The minimum absolute atomic E-state index is 0.0220. The molecule has 0 bridgehead atoms. The Morgan fingerprint density at radius 3 is 2.48 bits per heavy atom. The molecular weight excluding hydrogens is 369 g/mol. The monoisotopic (exact) mass is 375 g/mol. The number of anilines is 1. The summed E-state index contributed by atoms with van der Waals surface area (Å²) in [6, 6.07) is 1.94. The number of aromatic nitrogens is 2. The Labute approximate surface area is 127 Å². The second-order valence-electron chi connectivity index (χ2n) is 3.80. The molecule has 0 saturated heterocycles. The van der Waals surface area contributed by atoms with Crippen molar-refractivity contribution in [1.29, 1.82) is 0 Å². The van der Waals surface area contributed by atoms with Crippen molar-refractivity contribution in [3.63, 3.8) is 0 Å². The molecule has 2 N–H and O–H groups in total. The Morgan fingerprint density at radius 1 is 1.29 bits per heavy atom. The van der Waals surface area contributed by atoms with E-state index in [1.807, 2.05) is 0 Å². The molecule has 0 aliphatic heterocycles. The number of carboxylic acid groups (broad SMARTS) is 1. The van der Waals surface area contributed by atoms with Gasteiger partial charge < -0.3 is 5.11 Å². The van der Waals surface area contributed by atoms with Crippen molar-refractivity contribution in [1.82, 2.24) is 9.97 Å². The zero-order valence-corrected chi connectivity index (χ0v) is 12.5. The van der Waals surface area contributed by atoms with Crippen LogP contribution in [0.15, 0.2) is 40.2 Å². The summed E-state index contributed by atoms with van der Waals surface area (Å²) in [5.74, 6) is -2.93. The average Bonchev–Trinajstić information content (AvgIpc) is 2.41. The highest BCUT2D eigenvalue weighted by atomic mass is 79.9. The fourth-order valence-corrected chi connectivity index (χ4v) is 3.24. The van der Waals surface area contributed by atoms with Crippen LogP contribution in [-0.4, -0.2) is 29.5 Å². The number of aromatic carboxylic acids is 1. The third-order valence-electron chi connectivity index (χ3n) is 2.34. The minimum Gasteiger partial charge on any atom is -0.478 e. The predicted octanol–water partition coefficient (Wildman–Crippen LogP) is 1.88. The summed E-state index contributed by atoms with van der Waals surface area (Å²) in [5, 5.41) is 8.87. The van der Waals surface area contributed by atoms with Crippen LogP contribution in [0.4, 0.5) is 10.1 Å². The van der Waals surface area contributed by atoms with Crippen LogP contribution in [0.2, 0.25) is 0 Å². The molecule has 1 heterocycles. The molecule has 21 heavy (non-hydrogen) atoms. The summed E-state index contributed by atoms with van der Waals surface area (Å²) in [6.45, 7) is 0. The molecule has 0 amide bonds. The number of rotatable bonds is 4. The Hall–Kier alpha value is -2.07. The second-order valence-corrected chi connectivity index (χ2v) is 6.37. The van der Waals surface area contributed by atoms with Gasteiger partial charge in [-0.15, -0.1) is 0 Å². The van der Waals surface area contributed by atoms with Crippen molar-refractivity contribution in [3.05, 3.63) is 46.7 Å². The zero-order valence-electron chi connectivity index (χ0n) is 10.1. The first-order chi connectivity index (χ1) is 9.81. The Kier molecular flexibility index (Phi) is 4.19. The molecule has 0 fully saturated rings. The molecule has 0 aliphatic rings. The van der Waals surface area contributed by atoms with Crippen molar-refractivity contribution in [2.45, 2.75) is 4.90 Å². The molecule has 10 heteroatoms. The lowest BCUT2D eigenvalue weighted by atomic mass is 10.2. The van der Waals surface area contributed by atoms with Crippen molar-refractivity contribution in [2.24, 2.45) is 0 Å². The molecule has 110 valence electrons. The number of carbonyl (C=O) groups is 1. The van der Waals surface area contributed by atoms with Gasteiger partial charge in [0.2, 0.25) is 0 Å². The van der Waals surface area contributed by atoms with Crippen LogP contribution in [0.1, 0.15) is 10.4 Å². The van der Waals surface area contributed by atoms with Gasteiger partial charge in [0.25, 0.3) is 10.0 Å². The first-order valence-corrected chi connectivity index (χ1v) is 7.59. The maximum atomic E-state index is 14.0. The van der Waals surface area contributed by atoms with E-state index in [1.54, 1.807) is 0 Å². The summed E-state index contributed by atoms with van der Waals surface area (Å²) >= 11 is 2.95. The van der Waals surface area contributed by atoms with Crippen LogP contribution in [-0.2, 0) is 10.0 Å². The molecule has 0 atom stereocenters. The van der Waals surface area contributed by atoms with E-state index in [-0.39, 0.29) is 10.2 Å². The molecule has 0 spiro atoms. The van der Waals surface area contributed by atoms with Crippen LogP contribution in [0.25, 0.3) is 0 Å².